The van der Waals surface area contributed by atoms with Crippen molar-refractivity contribution in [3.8, 4) is 0 Å². The monoisotopic (exact) mass is 125 g/mol. The maximum atomic E-state index is 10.3. The lowest BCUT2D eigenvalue weighted by Gasteiger charge is -1.89. The fourth-order valence-electron chi connectivity index (χ4n) is 0.423. The number of amides is 1. The second kappa shape index (κ2) is 2.30. The van der Waals surface area contributed by atoms with E-state index in [1.54, 1.807) is 0 Å². The molecule has 47 valence electrons. The Kier molecular flexibility index (Phi) is 1.48. The van der Waals surface area contributed by atoms with Gasteiger partial charge in [0.25, 0.3) is 0 Å². The zero-order valence-electron chi connectivity index (χ0n) is 4.84. The van der Waals surface area contributed by atoms with Gasteiger partial charge < -0.3 is 9.84 Å². The number of rotatable bonds is 1. The minimum Gasteiger partial charge on any atom is -0.351 e. The van der Waals surface area contributed by atoms with E-state index < -0.39 is 0 Å². The molecule has 0 saturated carbocycles. The fraction of sp³-hybridized carbons (Fsp3) is 0.200. The Labute approximate surface area is 51.8 Å². The van der Waals surface area contributed by atoms with Gasteiger partial charge in [-0.25, -0.2) is 0 Å². The summed E-state index contributed by atoms with van der Waals surface area (Å²) < 4.78 is 4.33. The molecule has 0 aromatic carbocycles. The topological polar surface area (TPSA) is 55.1 Å². The van der Waals surface area contributed by atoms with E-state index in [1.165, 1.54) is 13.0 Å². The van der Waals surface area contributed by atoms with Gasteiger partial charge in [0.05, 0.1) is 0 Å². The summed E-state index contributed by atoms with van der Waals surface area (Å²) in [6.07, 6.45) is 2.33. The van der Waals surface area contributed by atoms with E-state index in [-0.39, 0.29) is 5.91 Å². The van der Waals surface area contributed by atoms with Crippen LogP contribution in [-0.4, -0.2) is 11.1 Å². The van der Waals surface area contributed by atoms with Crippen molar-refractivity contribution < 1.29 is 9.32 Å². The maximum absolute atomic E-state index is 10.3. The van der Waals surface area contributed by atoms with Crippen LogP contribution in [0.4, 0.5) is 5.82 Å². The minimum absolute atomic E-state index is 0.169. The number of anilines is 1. The molecule has 0 saturated heterocycles. The predicted octanol–water partition coefficient (Wildman–Crippen LogP) is 0.433. The highest BCUT2D eigenvalue weighted by molar-refractivity contribution is 5.87. The lowest BCUT2D eigenvalue weighted by atomic mass is 10.6. The van der Waals surface area contributed by atoms with Crippen LogP contribution in [0.25, 0.3) is 0 Å². The molecule has 0 fully saturated rings. The van der Waals surface area contributed by atoms with Crippen molar-refractivity contribution >= 4 is 11.7 Å². The Hall–Kier alpha value is -1.32. The molecule has 0 atom stereocenters. The van der Waals surface area contributed by atoms with Crippen molar-refractivity contribution in [1.82, 2.24) is 5.16 Å². The number of hydrogen-bond donors (Lipinski definition) is 1. The van der Waals surface area contributed by atoms with Crippen molar-refractivity contribution in [3.05, 3.63) is 12.3 Å². The fourth-order valence-corrected chi connectivity index (χ4v) is 0.423. The first-order valence-electron chi connectivity index (χ1n) is 2.39. The summed E-state index contributed by atoms with van der Waals surface area (Å²) in [6.45, 7) is 1.40. The number of hydrogen-bond acceptors (Lipinski definition) is 3. The van der Waals surface area contributed by atoms with Gasteiger partial charge >= 0.3 is 0 Å². The molecule has 0 aliphatic rings. The first kappa shape index (κ1) is 5.81. The van der Waals surface area contributed by atoms with Crippen molar-refractivity contribution in [2.75, 3.05) is 5.32 Å². The third-order valence-corrected chi connectivity index (χ3v) is 0.696. The molecule has 1 N–H and O–H groups in total. The second-order valence-corrected chi connectivity index (χ2v) is 1.51. The Balaban J connectivity index is 2.58. The molecule has 1 rings (SSSR count). The van der Waals surface area contributed by atoms with Gasteiger partial charge in [-0.2, -0.15) is 0 Å². The van der Waals surface area contributed by atoms with E-state index in [0.717, 1.165) is 0 Å². The molecule has 0 spiro atoms. The number of aromatic nitrogens is 1. The van der Waals surface area contributed by atoms with Crippen LogP contribution in [0.3, 0.4) is 0 Å². The molecule has 0 unspecified atom stereocenters. The Morgan fingerprint density at radius 1 is 2.00 bits per heavy atom. The van der Waals surface area contributed by atoms with Crippen molar-refractivity contribution in [2.24, 2.45) is 0 Å². The van der Waals surface area contributed by atoms with E-state index >= 15 is 0 Å². The third-order valence-electron chi connectivity index (χ3n) is 0.696. The van der Waals surface area contributed by atoms with Crippen LogP contribution in [0.1, 0.15) is 6.92 Å². The summed E-state index contributed by atoms with van der Waals surface area (Å²) in [5.74, 6) is 0.222. The molecular weight excluding hydrogens is 120 g/mol. The molecule has 1 aromatic heterocycles. The zero-order valence-corrected chi connectivity index (χ0v) is 4.84. The van der Waals surface area contributed by atoms with E-state index in [4.69, 9.17) is 0 Å². The molecule has 4 nitrogen and oxygen atoms in total. The zero-order chi connectivity index (χ0) is 6.69. The maximum Gasteiger partial charge on any atom is 0.222 e. The normalized spacial score (nSPS) is 9.00. The van der Waals surface area contributed by atoms with Crippen molar-refractivity contribution in [3.63, 3.8) is 0 Å². The molecule has 1 radical (unpaired) electrons. The van der Waals surface area contributed by atoms with Gasteiger partial charge in [0.1, 0.15) is 0 Å². The molecule has 0 bridgehead atoms. The highest BCUT2D eigenvalue weighted by Gasteiger charge is 1.95. The molecule has 1 amide bonds. The standard InChI is InChI=1S/C5H5N2O2/c1-4(8)6-5-2-3-9-7-5/h2H,1H3,(H,6,7,8). The van der Waals surface area contributed by atoms with Crippen LogP contribution in [0.2, 0.25) is 0 Å². The van der Waals surface area contributed by atoms with Crippen LogP contribution in [0.5, 0.6) is 0 Å². The number of nitrogens with one attached hydrogen (secondary N) is 1. The highest BCUT2D eigenvalue weighted by atomic mass is 16.5. The van der Waals surface area contributed by atoms with Crippen molar-refractivity contribution in [1.29, 1.82) is 0 Å². The molecule has 1 aromatic rings. The van der Waals surface area contributed by atoms with E-state index in [1.807, 2.05) is 0 Å². The van der Waals surface area contributed by atoms with Gasteiger partial charge in [-0.1, -0.05) is 5.16 Å². The summed E-state index contributed by atoms with van der Waals surface area (Å²) >= 11 is 0. The van der Waals surface area contributed by atoms with Gasteiger partial charge in [-0.3, -0.25) is 4.79 Å². The number of carbonyl (C=O) groups is 1. The minimum atomic E-state index is -0.169. The van der Waals surface area contributed by atoms with Gasteiger partial charge in [0, 0.05) is 13.0 Å². The van der Waals surface area contributed by atoms with Gasteiger partial charge in [-0.15, -0.1) is 0 Å². The summed E-state index contributed by atoms with van der Waals surface area (Å²) in [5, 5.41) is 5.80. The van der Waals surface area contributed by atoms with Crippen LogP contribution < -0.4 is 5.32 Å². The lowest BCUT2D eigenvalue weighted by Crippen LogP contribution is -2.05. The summed E-state index contributed by atoms with van der Waals surface area (Å²) in [6, 6.07) is 1.45. The van der Waals surface area contributed by atoms with Crippen LogP contribution in [-0.2, 0) is 4.79 Å². The smallest absolute Gasteiger partial charge is 0.222 e. The second-order valence-electron chi connectivity index (χ2n) is 1.51. The highest BCUT2D eigenvalue weighted by Crippen LogP contribution is 1.98. The molecule has 4 heteroatoms. The molecule has 0 aliphatic carbocycles. The van der Waals surface area contributed by atoms with E-state index in [2.05, 4.69) is 21.3 Å². The summed E-state index contributed by atoms with van der Waals surface area (Å²) in [5.41, 5.74) is 0. The Morgan fingerprint density at radius 2 is 2.78 bits per heavy atom. The van der Waals surface area contributed by atoms with Gasteiger partial charge in [-0.05, 0) is 0 Å². The average molecular weight is 125 g/mol. The number of nitrogens with zero attached hydrogens (tertiary/aromatic N) is 1. The van der Waals surface area contributed by atoms with E-state index in [0.29, 0.717) is 5.82 Å². The lowest BCUT2D eigenvalue weighted by molar-refractivity contribution is -0.114. The molecule has 0 aliphatic heterocycles. The van der Waals surface area contributed by atoms with Crippen LogP contribution in [0.15, 0.2) is 10.6 Å². The van der Waals surface area contributed by atoms with Gasteiger partial charge in [0.15, 0.2) is 5.82 Å². The quantitative estimate of drug-likeness (QED) is 0.592. The first-order valence-corrected chi connectivity index (χ1v) is 2.39. The van der Waals surface area contributed by atoms with Crippen LogP contribution in [0, 0.1) is 6.26 Å². The largest absolute Gasteiger partial charge is 0.351 e. The van der Waals surface area contributed by atoms with Crippen LogP contribution >= 0.6 is 0 Å². The summed E-state index contributed by atoms with van der Waals surface area (Å²) in [7, 11) is 0. The Bertz CT molecular complexity index is 193. The average Bonchev–Trinajstić information content (AvgIpc) is 2.15. The van der Waals surface area contributed by atoms with Gasteiger partial charge in [0.2, 0.25) is 12.2 Å². The first-order chi connectivity index (χ1) is 4.29. The molecule has 1 heterocycles. The summed E-state index contributed by atoms with van der Waals surface area (Å²) in [4.78, 5) is 10.3. The SMILES string of the molecule is CC(=O)Nc1c[c]on1. The number of carbonyl (C=O) groups excluding carboxylic acids is 1. The predicted molar refractivity (Wildman–Crippen MR) is 29.6 cm³/mol. The Morgan fingerprint density at radius 3 is 3.22 bits per heavy atom. The van der Waals surface area contributed by atoms with Crippen molar-refractivity contribution in [2.45, 2.75) is 6.92 Å². The third kappa shape index (κ3) is 1.56. The van der Waals surface area contributed by atoms with E-state index in [9.17, 15) is 4.79 Å². The molecule has 9 heavy (non-hydrogen) atoms. The molecular formula is C5H5N2O2.